The van der Waals surface area contributed by atoms with Crippen LogP contribution in [0.25, 0.3) is 0 Å². The highest BCUT2D eigenvalue weighted by molar-refractivity contribution is 5.85. The van der Waals surface area contributed by atoms with Crippen molar-refractivity contribution in [3.05, 3.63) is 12.2 Å². The molecule has 2 unspecified atom stereocenters. The lowest BCUT2D eigenvalue weighted by Crippen LogP contribution is -2.07. The van der Waals surface area contributed by atoms with Crippen molar-refractivity contribution in [3.8, 4) is 0 Å². The third-order valence-corrected chi connectivity index (χ3v) is 2.72. The largest absolute Gasteiger partial charge is 0.381 e. The maximum Gasteiger partial charge on any atom is 0.0529 e. The minimum absolute atomic E-state index is 0. The number of halogens is 1. The van der Waals surface area contributed by atoms with Gasteiger partial charge >= 0.3 is 0 Å². The van der Waals surface area contributed by atoms with Crippen LogP contribution in [0.15, 0.2) is 12.2 Å². The van der Waals surface area contributed by atoms with Crippen LogP contribution in [-0.4, -0.2) is 26.3 Å². The summed E-state index contributed by atoms with van der Waals surface area (Å²) in [5.41, 5.74) is 0. The Morgan fingerprint density at radius 2 is 2.00 bits per heavy atom. The minimum atomic E-state index is 0. The van der Waals surface area contributed by atoms with E-state index in [9.17, 15) is 0 Å². The van der Waals surface area contributed by atoms with E-state index in [1.54, 1.807) is 0 Å². The molecule has 0 aromatic carbocycles. The van der Waals surface area contributed by atoms with E-state index in [0.717, 1.165) is 19.1 Å². The Morgan fingerprint density at radius 1 is 1.15 bits per heavy atom. The molecular weight excluding hydrogens is 186 g/mol. The number of ether oxygens (including phenoxy) is 1. The maximum absolute atomic E-state index is 5.31. The number of nitrogens with one attached hydrogen (secondary N) is 1. The molecule has 0 saturated carbocycles. The van der Waals surface area contributed by atoms with E-state index in [2.05, 4.69) is 17.5 Å². The molecule has 2 atom stereocenters. The summed E-state index contributed by atoms with van der Waals surface area (Å²) in [6.45, 7) is 4.26. The number of rotatable bonds is 2. The second-order valence-electron chi connectivity index (χ2n) is 3.76. The van der Waals surface area contributed by atoms with Crippen LogP contribution in [0, 0.1) is 11.8 Å². The molecule has 0 aliphatic carbocycles. The van der Waals surface area contributed by atoms with E-state index in [1.807, 2.05) is 0 Å². The predicted molar refractivity (Wildman–Crippen MR) is 56.3 cm³/mol. The molecule has 2 nitrogen and oxygen atoms in total. The smallest absolute Gasteiger partial charge is 0.0529 e. The van der Waals surface area contributed by atoms with Crippen LogP contribution in [0.3, 0.4) is 0 Å². The van der Waals surface area contributed by atoms with Gasteiger partial charge in [0.1, 0.15) is 0 Å². The van der Waals surface area contributed by atoms with Crippen LogP contribution in [-0.2, 0) is 4.74 Å². The summed E-state index contributed by atoms with van der Waals surface area (Å²) in [6.07, 6.45) is 7.25. The Bertz CT molecular complexity index is 142. The lowest BCUT2D eigenvalue weighted by Gasteiger charge is -2.02. The molecule has 0 aromatic rings. The molecule has 0 aromatic heterocycles. The van der Waals surface area contributed by atoms with Crippen molar-refractivity contribution in [1.29, 1.82) is 0 Å². The zero-order valence-electron chi connectivity index (χ0n) is 7.87. The molecule has 1 N–H and O–H groups in total. The van der Waals surface area contributed by atoms with Gasteiger partial charge in [0, 0.05) is 19.1 Å². The summed E-state index contributed by atoms with van der Waals surface area (Å²) >= 11 is 0. The first-order valence-electron chi connectivity index (χ1n) is 4.92. The fourth-order valence-electron chi connectivity index (χ4n) is 1.86. The quantitative estimate of drug-likeness (QED) is 0.689. The standard InChI is InChI=1S/C10H17NO.ClH/c1(9-3-5-11-7-9)2-10-4-6-12-8-10;/h1-2,9-11H,3-8H2;1H/b2-1+;. The fourth-order valence-corrected chi connectivity index (χ4v) is 1.86. The summed E-state index contributed by atoms with van der Waals surface area (Å²) in [6, 6.07) is 0. The Labute approximate surface area is 86.1 Å². The van der Waals surface area contributed by atoms with Gasteiger partial charge in [-0.1, -0.05) is 12.2 Å². The van der Waals surface area contributed by atoms with E-state index < -0.39 is 0 Å². The van der Waals surface area contributed by atoms with E-state index in [4.69, 9.17) is 4.74 Å². The molecule has 2 aliphatic heterocycles. The number of hydrogen-bond donors (Lipinski definition) is 1. The van der Waals surface area contributed by atoms with Crippen LogP contribution in [0.4, 0.5) is 0 Å². The lowest BCUT2D eigenvalue weighted by atomic mass is 10.0. The molecule has 0 spiro atoms. The average molecular weight is 204 g/mol. The summed E-state index contributed by atoms with van der Waals surface area (Å²) in [5.74, 6) is 1.48. The molecule has 0 amide bonds. The van der Waals surface area contributed by atoms with Gasteiger partial charge in [-0.3, -0.25) is 0 Å². The van der Waals surface area contributed by atoms with E-state index in [0.29, 0.717) is 5.92 Å². The van der Waals surface area contributed by atoms with Crippen molar-refractivity contribution in [1.82, 2.24) is 5.32 Å². The van der Waals surface area contributed by atoms with Crippen molar-refractivity contribution >= 4 is 12.4 Å². The van der Waals surface area contributed by atoms with Crippen molar-refractivity contribution < 1.29 is 4.74 Å². The Morgan fingerprint density at radius 3 is 2.62 bits per heavy atom. The molecule has 2 aliphatic rings. The zero-order chi connectivity index (χ0) is 8.23. The van der Waals surface area contributed by atoms with Crippen LogP contribution < -0.4 is 5.32 Å². The Kier molecular flexibility index (Phi) is 4.78. The zero-order valence-corrected chi connectivity index (χ0v) is 8.69. The monoisotopic (exact) mass is 203 g/mol. The Hall–Kier alpha value is -0.0500. The van der Waals surface area contributed by atoms with Gasteiger partial charge in [0.15, 0.2) is 0 Å². The molecule has 13 heavy (non-hydrogen) atoms. The van der Waals surface area contributed by atoms with Crippen LogP contribution in [0.2, 0.25) is 0 Å². The second kappa shape index (κ2) is 5.63. The normalized spacial score (nSPS) is 33.8. The maximum atomic E-state index is 5.31. The first kappa shape index (κ1) is 11.0. The third-order valence-electron chi connectivity index (χ3n) is 2.72. The first-order chi connectivity index (χ1) is 5.95. The lowest BCUT2D eigenvalue weighted by molar-refractivity contribution is 0.191. The Balaban J connectivity index is 0.000000845. The highest BCUT2D eigenvalue weighted by Gasteiger charge is 2.14. The minimum Gasteiger partial charge on any atom is -0.381 e. The van der Waals surface area contributed by atoms with Gasteiger partial charge in [-0.2, -0.15) is 0 Å². The van der Waals surface area contributed by atoms with Crippen molar-refractivity contribution in [2.75, 3.05) is 26.3 Å². The summed E-state index contributed by atoms with van der Waals surface area (Å²) in [5, 5.41) is 3.37. The highest BCUT2D eigenvalue weighted by atomic mass is 35.5. The molecule has 2 heterocycles. The van der Waals surface area contributed by atoms with Gasteiger partial charge in [0.2, 0.25) is 0 Å². The summed E-state index contributed by atoms with van der Waals surface area (Å²) in [4.78, 5) is 0. The molecule has 2 fully saturated rings. The predicted octanol–water partition coefficient (Wildman–Crippen LogP) is 1.61. The first-order valence-corrected chi connectivity index (χ1v) is 4.92. The van der Waals surface area contributed by atoms with Crippen LogP contribution in [0.1, 0.15) is 12.8 Å². The van der Waals surface area contributed by atoms with Crippen molar-refractivity contribution in [2.45, 2.75) is 12.8 Å². The molecule has 2 saturated heterocycles. The SMILES string of the molecule is C(=C\C1CCOC1)/C1CCNC1.Cl. The molecule has 0 radical (unpaired) electrons. The van der Waals surface area contributed by atoms with Crippen molar-refractivity contribution in [2.24, 2.45) is 11.8 Å². The molecular formula is C10H18ClNO. The molecule has 76 valence electrons. The van der Waals surface area contributed by atoms with Gasteiger partial charge in [0.05, 0.1) is 6.61 Å². The summed E-state index contributed by atoms with van der Waals surface area (Å²) < 4.78 is 5.31. The topological polar surface area (TPSA) is 21.3 Å². The molecule has 0 bridgehead atoms. The van der Waals surface area contributed by atoms with Gasteiger partial charge < -0.3 is 10.1 Å². The van der Waals surface area contributed by atoms with Crippen LogP contribution >= 0.6 is 12.4 Å². The molecule has 2 rings (SSSR count). The van der Waals surface area contributed by atoms with E-state index in [-0.39, 0.29) is 12.4 Å². The van der Waals surface area contributed by atoms with E-state index >= 15 is 0 Å². The van der Waals surface area contributed by atoms with Gasteiger partial charge in [-0.25, -0.2) is 0 Å². The molecule has 3 heteroatoms. The van der Waals surface area contributed by atoms with Gasteiger partial charge in [-0.15, -0.1) is 12.4 Å². The third kappa shape index (κ3) is 3.29. The van der Waals surface area contributed by atoms with Gasteiger partial charge in [0.25, 0.3) is 0 Å². The second-order valence-corrected chi connectivity index (χ2v) is 3.76. The summed E-state index contributed by atoms with van der Waals surface area (Å²) in [7, 11) is 0. The van der Waals surface area contributed by atoms with Gasteiger partial charge in [-0.05, 0) is 25.3 Å². The highest BCUT2D eigenvalue weighted by Crippen LogP contribution is 2.16. The van der Waals surface area contributed by atoms with E-state index in [1.165, 1.54) is 25.9 Å². The fraction of sp³-hybridized carbons (Fsp3) is 0.800. The van der Waals surface area contributed by atoms with Crippen LogP contribution in [0.5, 0.6) is 0 Å². The average Bonchev–Trinajstić information content (AvgIpc) is 2.74. The number of hydrogen-bond acceptors (Lipinski definition) is 2. The van der Waals surface area contributed by atoms with Crippen molar-refractivity contribution in [3.63, 3.8) is 0 Å².